The van der Waals surface area contributed by atoms with Gasteiger partial charge in [-0.3, -0.25) is 4.98 Å². The SMILES string of the molecule is Clc1cc(Br)c2nc(-c3ccncc3)[nH]c2c1. The smallest absolute Gasteiger partial charge is 0.138 e. The fraction of sp³-hybridized carbons (Fsp3) is 0. The highest BCUT2D eigenvalue weighted by atomic mass is 79.9. The van der Waals surface area contributed by atoms with Crippen LogP contribution in [0.5, 0.6) is 0 Å². The van der Waals surface area contributed by atoms with E-state index in [2.05, 4.69) is 30.9 Å². The summed E-state index contributed by atoms with van der Waals surface area (Å²) in [5, 5.41) is 0.675. The average molecular weight is 309 g/mol. The molecule has 0 fully saturated rings. The molecule has 0 bridgehead atoms. The molecule has 0 saturated carbocycles. The van der Waals surface area contributed by atoms with E-state index in [0.29, 0.717) is 5.02 Å². The normalized spacial score (nSPS) is 10.9. The second kappa shape index (κ2) is 4.13. The molecule has 0 amide bonds. The summed E-state index contributed by atoms with van der Waals surface area (Å²) >= 11 is 9.45. The monoisotopic (exact) mass is 307 g/mol. The Morgan fingerprint density at radius 3 is 2.71 bits per heavy atom. The van der Waals surface area contributed by atoms with Gasteiger partial charge in [-0.1, -0.05) is 11.6 Å². The molecule has 5 heteroatoms. The maximum absolute atomic E-state index is 5.99. The number of benzene rings is 1. The third kappa shape index (κ3) is 1.94. The van der Waals surface area contributed by atoms with Crippen LogP contribution >= 0.6 is 27.5 Å². The number of aromatic nitrogens is 3. The summed E-state index contributed by atoms with van der Waals surface area (Å²) in [6, 6.07) is 7.51. The summed E-state index contributed by atoms with van der Waals surface area (Å²) in [5.41, 5.74) is 2.79. The highest BCUT2D eigenvalue weighted by Crippen LogP contribution is 2.28. The largest absolute Gasteiger partial charge is 0.338 e. The van der Waals surface area contributed by atoms with Crippen LogP contribution in [0.2, 0.25) is 5.02 Å². The van der Waals surface area contributed by atoms with E-state index >= 15 is 0 Å². The minimum Gasteiger partial charge on any atom is -0.338 e. The Morgan fingerprint density at radius 1 is 1.18 bits per heavy atom. The quantitative estimate of drug-likeness (QED) is 0.737. The first kappa shape index (κ1) is 10.7. The summed E-state index contributed by atoms with van der Waals surface area (Å²) < 4.78 is 0.886. The molecule has 1 N–H and O–H groups in total. The Hall–Kier alpha value is -1.39. The molecular formula is C12H7BrClN3. The Balaban J connectivity index is 2.24. The number of H-pyrrole nitrogens is 1. The zero-order valence-corrected chi connectivity index (χ0v) is 11.0. The predicted octanol–water partition coefficient (Wildman–Crippen LogP) is 4.04. The van der Waals surface area contributed by atoms with Gasteiger partial charge in [0.15, 0.2) is 0 Å². The van der Waals surface area contributed by atoms with Gasteiger partial charge in [0.1, 0.15) is 11.3 Å². The van der Waals surface area contributed by atoms with E-state index in [4.69, 9.17) is 11.6 Å². The number of hydrogen-bond acceptors (Lipinski definition) is 2. The first-order valence-corrected chi connectivity index (χ1v) is 6.16. The minimum absolute atomic E-state index is 0.675. The van der Waals surface area contributed by atoms with Crippen molar-refractivity contribution >= 4 is 38.6 Å². The molecule has 0 spiro atoms. The molecule has 0 aliphatic rings. The van der Waals surface area contributed by atoms with Crippen LogP contribution in [0.1, 0.15) is 0 Å². The molecule has 1 aromatic carbocycles. The molecular weight excluding hydrogens is 302 g/mol. The number of rotatable bonds is 1. The number of nitrogens with zero attached hydrogens (tertiary/aromatic N) is 2. The van der Waals surface area contributed by atoms with E-state index < -0.39 is 0 Å². The zero-order valence-electron chi connectivity index (χ0n) is 8.61. The Labute approximate surface area is 111 Å². The van der Waals surface area contributed by atoms with Crippen molar-refractivity contribution in [3.63, 3.8) is 0 Å². The van der Waals surface area contributed by atoms with Crippen LogP contribution in [0.4, 0.5) is 0 Å². The fourth-order valence-electron chi connectivity index (χ4n) is 1.69. The molecule has 3 aromatic rings. The summed E-state index contributed by atoms with van der Waals surface area (Å²) in [6.45, 7) is 0. The summed E-state index contributed by atoms with van der Waals surface area (Å²) in [7, 11) is 0. The second-order valence-electron chi connectivity index (χ2n) is 3.61. The Morgan fingerprint density at radius 2 is 1.94 bits per heavy atom. The number of fused-ring (bicyclic) bond motifs is 1. The highest BCUT2D eigenvalue weighted by Gasteiger charge is 2.08. The van der Waals surface area contributed by atoms with Crippen LogP contribution < -0.4 is 0 Å². The lowest BCUT2D eigenvalue weighted by Gasteiger charge is -1.92. The molecule has 0 aliphatic heterocycles. The van der Waals surface area contributed by atoms with Crippen LogP contribution in [-0.4, -0.2) is 15.0 Å². The van der Waals surface area contributed by atoms with Crippen LogP contribution in [0, 0.1) is 0 Å². The van der Waals surface area contributed by atoms with Gasteiger partial charge in [-0.05, 0) is 40.2 Å². The van der Waals surface area contributed by atoms with Crippen molar-refractivity contribution in [2.45, 2.75) is 0 Å². The summed E-state index contributed by atoms with van der Waals surface area (Å²) in [5.74, 6) is 0.811. The van der Waals surface area contributed by atoms with Gasteiger partial charge < -0.3 is 4.98 Å². The van der Waals surface area contributed by atoms with Gasteiger partial charge in [0.25, 0.3) is 0 Å². The molecule has 0 aliphatic carbocycles. The van der Waals surface area contributed by atoms with Gasteiger partial charge >= 0.3 is 0 Å². The molecule has 84 valence electrons. The van der Waals surface area contributed by atoms with E-state index in [0.717, 1.165) is 26.9 Å². The van der Waals surface area contributed by atoms with Gasteiger partial charge in [0, 0.05) is 27.5 Å². The minimum atomic E-state index is 0.675. The van der Waals surface area contributed by atoms with Crippen LogP contribution in [0.25, 0.3) is 22.4 Å². The van der Waals surface area contributed by atoms with Crippen molar-refractivity contribution in [2.24, 2.45) is 0 Å². The third-order valence-electron chi connectivity index (χ3n) is 2.46. The van der Waals surface area contributed by atoms with Crippen molar-refractivity contribution in [1.82, 2.24) is 15.0 Å². The zero-order chi connectivity index (χ0) is 11.8. The van der Waals surface area contributed by atoms with Gasteiger partial charge in [0.05, 0.1) is 5.52 Å². The maximum Gasteiger partial charge on any atom is 0.138 e. The summed E-state index contributed by atoms with van der Waals surface area (Å²) in [4.78, 5) is 11.8. The predicted molar refractivity (Wildman–Crippen MR) is 72.0 cm³/mol. The molecule has 0 unspecified atom stereocenters. The number of imidazole rings is 1. The maximum atomic E-state index is 5.99. The van der Waals surface area contributed by atoms with Crippen molar-refractivity contribution in [3.05, 3.63) is 46.2 Å². The molecule has 0 atom stereocenters. The van der Waals surface area contributed by atoms with Crippen LogP contribution in [0.3, 0.4) is 0 Å². The molecule has 3 rings (SSSR count). The van der Waals surface area contributed by atoms with Crippen LogP contribution in [0.15, 0.2) is 41.1 Å². The van der Waals surface area contributed by atoms with Gasteiger partial charge in [-0.25, -0.2) is 4.98 Å². The number of aromatic amines is 1. The molecule has 2 heterocycles. The van der Waals surface area contributed by atoms with E-state index in [1.165, 1.54) is 0 Å². The number of pyridine rings is 1. The van der Waals surface area contributed by atoms with Crippen molar-refractivity contribution in [3.8, 4) is 11.4 Å². The number of hydrogen-bond donors (Lipinski definition) is 1. The van der Waals surface area contributed by atoms with E-state index in [1.807, 2.05) is 24.3 Å². The van der Waals surface area contributed by atoms with Crippen LogP contribution in [-0.2, 0) is 0 Å². The lowest BCUT2D eigenvalue weighted by molar-refractivity contribution is 1.28. The summed E-state index contributed by atoms with van der Waals surface area (Å²) in [6.07, 6.45) is 3.48. The Bertz CT molecular complexity index is 679. The van der Waals surface area contributed by atoms with Crippen molar-refractivity contribution in [2.75, 3.05) is 0 Å². The van der Waals surface area contributed by atoms with Gasteiger partial charge in [-0.2, -0.15) is 0 Å². The van der Waals surface area contributed by atoms with E-state index in [9.17, 15) is 0 Å². The number of nitrogens with one attached hydrogen (secondary N) is 1. The molecule has 17 heavy (non-hydrogen) atoms. The fourth-order valence-corrected chi connectivity index (χ4v) is 2.59. The van der Waals surface area contributed by atoms with Crippen molar-refractivity contribution < 1.29 is 0 Å². The molecule has 3 nitrogen and oxygen atoms in total. The molecule has 0 radical (unpaired) electrons. The van der Waals surface area contributed by atoms with Gasteiger partial charge in [-0.15, -0.1) is 0 Å². The molecule has 0 saturated heterocycles. The third-order valence-corrected chi connectivity index (χ3v) is 3.28. The second-order valence-corrected chi connectivity index (χ2v) is 4.90. The van der Waals surface area contributed by atoms with Gasteiger partial charge in [0.2, 0.25) is 0 Å². The van der Waals surface area contributed by atoms with Crippen molar-refractivity contribution in [1.29, 1.82) is 0 Å². The lowest BCUT2D eigenvalue weighted by atomic mass is 10.3. The number of halogens is 2. The topological polar surface area (TPSA) is 41.6 Å². The first-order chi connectivity index (χ1) is 8.24. The van der Waals surface area contributed by atoms with E-state index in [1.54, 1.807) is 12.4 Å². The lowest BCUT2D eigenvalue weighted by Crippen LogP contribution is -1.79. The average Bonchev–Trinajstić information content (AvgIpc) is 2.74. The highest BCUT2D eigenvalue weighted by molar-refractivity contribution is 9.10. The molecule has 2 aromatic heterocycles. The standard InChI is InChI=1S/C12H7BrClN3/c13-9-5-8(14)6-10-11(9)17-12(16-10)7-1-3-15-4-2-7/h1-6H,(H,16,17). The van der Waals surface area contributed by atoms with E-state index in [-0.39, 0.29) is 0 Å². The Kier molecular flexibility index (Phi) is 2.61. The first-order valence-electron chi connectivity index (χ1n) is 4.99.